The second-order valence-electron chi connectivity index (χ2n) is 5.72. The summed E-state index contributed by atoms with van der Waals surface area (Å²) in [6.45, 7) is 4.67. The normalized spacial score (nSPS) is 14.3. The number of benzene rings is 1. The van der Waals surface area contributed by atoms with Crippen LogP contribution in [0.25, 0.3) is 0 Å². The maximum Gasteiger partial charge on any atom is 0.135 e. The number of hydrogen-bond acceptors (Lipinski definition) is 4. The highest BCUT2D eigenvalue weighted by Gasteiger charge is 2.18. The van der Waals surface area contributed by atoms with Crippen LogP contribution < -0.4 is 10.2 Å². The lowest BCUT2D eigenvalue weighted by molar-refractivity contribution is 0.708. The zero-order valence-corrected chi connectivity index (χ0v) is 13.8. The molecule has 0 spiro atoms. The molecule has 2 heterocycles. The van der Waals surface area contributed by atoms with Crippen molar-refractivity contribution in [2.75, 3.05) is 25.0 Å². The average molecular weight is 317 g/mol. The molecular formula is C17H21ClN4. The molecule has 0 saturated heterocycles. The van der Waals surface area contributed by atoms with E-state index >= 15 is 0 Å². The summed E-state index contributed by atoms with van der Waals surface area (Å²) in [5.74, 6) is 1.87. The number of anilines is 1. The molecule has 0 bridgehead atoms. The van der Waals surface area contributed by atoms with Crippen molar-refractivity contribution in [3.63, 3.8) is 0 Å². The summed E-state index contributed by atoms with van der Waals surface area (Å²) < 4.78 is 0. The molecule has 0 unspecified atom stereocenters. The lowest BCUT2D eigenvalue weighted by atomic mass is 10.1. The van der Waals surface area contributed by atoms with E-state index < -0.39 is 0 Å². The Hall–Kier alpha value is -1.65. The van der Waals surface area contributed by atoms with Gasteiger partial charge in [0.1, 0.15) is 11.6 Å². The van der Waals surface area contributed by atoms with E-state index in [1.165, 1.54) is 11.3 Å². The van der Waals surface area contributed by atoms with E-state index in [-0.39, 0.29) is 0 Å². The van der Waals surface area contributed by atoms with Crippen LogP contribution in [0.4, 0.5) is 5.82 Å². The van der Waals surface area contributed by atoms with Crippen molar-refractivity contribution in [2.24, 2.45) is 0 Å². The van der Waals surface area contributed by atoms with Crippen LogP contribution in [-0.2, 0) is 19.4 Å². The highest BCUT2D eigenvalue weighted by Crippen LogP contribution is 2.25. The lowest BCUT2D eigenvalue weighted by Crippen LogP contribution is -2.22. The fourth-order valence-corrected chi connectivity index (χ4v) is 3.11. The Morgan fingerprint density at radius 3 is 2.77 bits per heavy atom. The van der Waals surface area contributed by atoms with Gasteiger partial charge in [0.25, 0.3) is 0 Å². The predicted molar refractivity (Wildman–Crippen MR) is 90.6 cm³/mol. The van der Waals surface area contributed by atoms with Gasteiger partial charge in [0.2, 0.25) is 0 Å². The first-order valence-corrected chi connectivity index (χ1v) is 8.04. The topological polar surface area (TPSA) is 41.1 Å². The Balaban J connectivity index is 1.93. The summed E-state index contributed by atoms with van der Waals surface area (Å²) >= 11 is 6.29. The molecule has 5 heteroatoms. The fraction of sp³-hybridized carbons (Fsp3) is 0.412. The summed E-state index contributed by atoms with van der Waals surface area (Å²) in [6, 6.07) is 7.97. The van der Waals surface area contributed by atoms with Crippen LogP contribution >= 0.6 is 11.6 Å². The van der Waals surface area contributed by atoms with Gasteiger partial charge in [0, 0.05) is 37.1 Å². The van der Waals surface area contributed by atoms with Crippen LogP contribution in [0.5, 0.6) is 0 Å². The molecule has 1 N–H and O–H groups in total. The molecule has 0 fully saturated rings. The third-order valence-corrected chi connectivity index (χ3v) is 4.37. The number of hydrogen-bond donors (Lipinski definition) is 1. The summed E-state index contributed by atoms with van der Waals surface area (Å²) in [6.07, 6.45) is 1.93. The van der Waals surface area contributed by atoms with Gasteiger partial charge in [-0.25, -0.2) is 9.97 Å². The van der Waals surface area contributed by atoms with Crippen LogP contribution in [-0.4, -0.2) is 30.1 Å². The van der Waals surface area contributed by atoms with Gasteiger partial charge in [-0.3, -0.25) is 0 Å². The minimum absolute atomic E-state index is 0.746. The van der Waals surface area contributed by atoms with Crippen LogP contribution in [0.2, 0.25) is 5.02 Å². The first-order chi connectivity index (χ1) is 10.6. The van der Waals surface area contributed by atoms with Crippen molar-refractivity contribution in [1.82, 2.24) is 15.3 Å². The van der Waals surface area contributed by atoms with E-state index in [4.69, 9.17) is 16.6 Å². The van der Waals surface area contributed by atoms with Crippen molar-refractivity contribution in [3.05, 3.63) is 51.9 Å². The predicted octanol–water partition coefficient (Wildman–Crippen LogP) is 2.76. The third-order valence-electron chi connectivity index (χ3n) is 4.00. The molecule has 4 nitrogen and oxygen atoms in total. The van der Waals surface area contributed by atoms with Gasteiger partial charge in [-0.2, -0.15) is 0 Å². The summed E-state index contributed by atoms with van der Waals surface area (Å²) in [5, 5.41) is 4.23. The van der Waals surface area contributed by atoms with Crippen molar-refractivity contribution in [2.45, 2.75) is 26.3 Å². The maximum atomic E-state index is 6.29. The molecular weight excluding hydrogens is 296 g/mol. The molecule has 116 valence electrons. The number of nitrogens with zero attached hydrogens (tertiary/aromatic N) is 3. The zero-order valence-electron chi connectivity index (χ0n) is 13.1. The van der Waals surface area contributed by atoms with Crippen LogP contribution in [0.15, 0.2) is 24.3 Å². The van der Waals surface area contributed by atoms with Gasteiger partial charge in [-0.05, 0) is 31.5 Å². The smallest absolute Gasteiger partial charge is 0.135 e. The second kappa shape index (κ2) is 6.63. The van der Waals surface area contributed by atoms with Gasteiger partial charge < -0.3 is 10.2 Å². The number of rotatable bonds is 3. The number of nitrogens with one attached hydrogen (secondary N) is 1. The van der Waals surface area contributed by atoms with Crippen LogP contribution in [0.3, 0.4) is 0 Å². The van der Waals surface area contributed by atoms with Crippen molar-refractivity contribution in [1.29, 1.82) is 0 Å². The van der Waals surface area contributed by atoms with E-state index in [0.717, 1.165) is 54.7 Å². The highest BCUT2D eigenvalue weighted by molar-refractivity contribution is 6.31. The Labute approximate surface area is 136 Å². The SMILES string of the molecule is Cc1nc2c(c(N(C)Cc3ccccc3Cl)n1)CCNCC2. The molecule has 1 aromatic heterocycles. The second-order valence-corrected chi connectivity index (χ2v) is 6.12. The van der Waals surface area contributed by atoms with Crippen molar-refractivity contribution < 1.29 is 0 Å². The van der Waals surface area contributed by atoms with E-state index in [1.54, 1.807) is 0 Å². The van der Waals surface area contributed by atoms with Gasteiger partial charge >= 0.3 is 0 Å². The Morgan fingerprint density at radius 1 is 1.18 bits per heavy atom. The monoisotopic (exact) mass is 316 g/mol. The van der Waals surface area contributed by atoms with Gasteiger partial charge in [-0.15, -0.1) is 0 Å². The highest BCUT2D eigenvalue weighted by atomic mass is 35.5. The Bertz CT molecular complexity index is 672. The number of aromatic nitrogens is 2. The molecule has 1 aromatic carbocycles. The molecule has 0 radical (unpaired) electrons. The molecule has 22 heavy (non-hydrogen) atoms. The molecule has 0 aliphatic carbocycles. The van der Waals surface area contributed by atoms with Crippen molar-refractivity contribution >= 4 is 17.4 Å². The quantitative estimate of drug-likeness (QED) is 0.945. The lowest BCUT2D eigenvalue weighted by Gasteiger charge is -2.23. The Kier molecular flexibility index (Phi) is 4.60. The molecule has 0 amide bonds. The first-order valence-electron chi connectivity index (χ1n) is 7.67. The number of fused-ring (bicyclic) bond motifs is 1. The first kappa shape index (κ1) is 15.3. The largest absolute Gasteiger partial charge is 0.355 e. The molecule has 0 saturated carbocycles. The standard InChI is InChI=1S/C17H21ClN4/c1-12-20-16-8-10-19-9-7-14(16)17(21-12)22(2)11-13-5-3-4-6-15(13)18/h3-6,19H,7-11H2,1-2H3. The maximum absolute atomic E-state index is 6.29. The van der Waals surface area contributed by atoms with Crippen LogP contribution in [0, 0.1) is 6.92 Å². The molecule has 1 aliphatic rings. The molecule has 3 rings (SSSR count). The molecule has 0 atom stereocenters. The fourth-order valence-electron chi connectivity index (χ4n) is 2.92. The van der Waals surface area contributed by atoms with E-state index in [0.29, 0.717) is 0 Å². The molecule has 2 aromatic rings. The van der Waals surface area contributed by atoms with Gasteiger partial charge in [-0.1, -0.05) is 29.8 Å². The zero-order chi connectivity index (χ0) is 15.5. The van der Waals surface area contributed by atoms with E-state index in [2.05, 4.69) is 28.3 Å². The van der Waals surface area contributed by atoms with Crippen molar-refractivity contribution in [3.8, 4) is 0 Å². The van der Waals surface area contributed by atoms with Gasteiger partial charge in [0.05, 0.1) is 5.69 Å². The summed E-state index contributed by atoms with van der Waals surface area (Å²) in [4.78, 5) is 11.5. The van der Waals surface area contributed by atoms with Crippen LogP contribution in [0.1, 0.15) is 22.6 Å². The number of halogens is 1. The third kappa shape index (κ3) is 3.23. The Morgan fingerprint density at radius 2 is 1.95 bits per heavy atom. The summed E-state index contributed by atoms with van der Waals surface area (Å²) in [5.41, 5.74) is 3.56. The van der Waals surface area contributed by atoms with E-state index in [9.17, 15) is 0 Å². The summed E-state index contributed by atoms with van der Waals surface area (Å²) in [7, 11) is 2.07. The average Bonchev–Trinajstić information content (AvgIpc) is 2.74. The van der Waals surface area contributed by atoms with E-state index in [1.807, 2.05) is 25.1 Å². The minimum atomic E-state index is 0.746. The van der Waals surface area contributed by atoms with Gasteiger partial charge in [0.15, 0.2) is 0 Å². The molecule has 1 aliphatic heterocycles. The number of aryl methyl sites for hydroxylation is 1. The minimum Gasteiger partial charge on any atom is -0.355 e.